The van der Waals surface area contributed by atoms with Gasteiger partial charge in [-0.25, -0.2) is 0 Å². The molecule has 0 radical (unpaired) electrons. The summed E-state index contributed by atoms with van der Waals surface area (Å²) < 4.78 is 0. The highest BCUT2D eigenvalue weighted by atomic mass is 35.7. The van der Waals surface area contributed by atoms with E-state index in [1.807, 2.05) is 6.55 Å². The summed E-state index contributed by atoms with van der Waals surface area (Å²) in [6, 6.07) is 1.05. The number of rotatable bonds is 3. The van der Waals surface area contributed by atoms with Gasteiger partial charge < -0.3 is 0 Å². The Bertz CT molecular complexity index is 232. The van der Waals surface area contributed by atoms with Gasteiger partial charge in [0.2, 0.25) is 6.69 Å². The Morgan fingerprint density at radius 3 is 2.69 bits per heavy atom. The van der Waals surface area contributed by atoms with E-state index >= 15 is 0 Å². The topological polar surface area (TPSA) is 0 Å². The minimum Gasteiger partial charge on any atom is -0.146 e. The van der Waals surface area contributed by atoms with Crippen molar-refractivity contribution < 1.29 is 0 Å². The highest BCUT2D eigenvalue weighted by molar-refractivity contribution is 7.44. The van der Waals surface area contributed by atoms with E-state index in [9.17, 15) is 0 Å². The summed E-state index contributed by atoms with van der Waals surface area (Å²) in [7, 11) is 0. The molecule has 0 N–H and O–H groups in total. The molecule has 2 rings (SSSR count). The second-order valence-corrected chi connectivity index (χ2v) is 13.0. The zero-order valence-electron chi connectivity index (χ0n) is 8.02. The zero-order valence-corrected chi connectivity index (χ0v) is 10.5. The number of allylic oxidation sites excluding steroid dienone is 2. The Morgan fingerprint density at radius 2 is 2.31 bits per heavy atom. The van der Waals surface area contributed by atoms with Gasteiger partial charge in [0, 0.05) is 0 Å². The Kier molecular flexibility index (Phi) is 2.54. The molecule has 0 aromatic heterocycles. The lowest BCUT2D eigenvalue weighted by Gasteiger charge is -2.25. The molecule has 1 fully saturated rings. The normalized spacial score (nSPS) is 37.3. The average Bonchev–Trinajstić information content (AvgIpc) is 2.59. The van der Waals surface area contributed by atoms with Gasteiger partial charge in [0.15, 0.2) is 0 Å². The minimum atomic E-state index is -1.86. The molecule has 2 atom stereocenters. The Hall–Kier alpha value is 0.537. The molecule has 3 heteroatoms. The van der Waals surface area contributed by atoms with Crippen LogP contribution in [0.2, 0.25) is 12.6 Å². The number of halogens is 2. The SMILES string of the molecule is C[Si](Cl)(Cl)CCC12C=CC(CC1)C2. The van der Waals surface area contributed by atoms with Gasteiger partial charge in [-0.3, -0.25) is 0 Å². The van der Waals surface area contributed by atoms with Gasteiger partial charge in [0.25, 0.3) is 0 Å². The largest absolute Gasteiger partial charge is 0.248 e. The van der Waals surface area contributed by atoms with Crippen molar-refractivity contribution in [3.63, 3.8) is 0 Å². The van der Waals surface area contributed by atoms with Crippen LogP contribution >= 0.6 is 22.2 Å². The Morgan fingerprint density at radius 1 is 1.54 bits per heavy atom. The summed E-state index contributed by atoms with van der Waals surface area (Å²) >= 11 is 12.2. The highest BCUT2D eigenvalue weighted by Gasteiger charge is 2.41. The first-order chi connectivity index (χ1) is 5.99. The molecule has 74 valence electrons. The number of fused-ring (bicyclic) bond motifs is 2. The Labute approximate surface area is 90.7 Å². The van der Waals surface area contributed by atoms with E-state index in [4.69, 9.17) is 22.2 Å². The molecule has 0 spiro atoms. The van der Waals surface area contributed by atoms with Gasteiger partial charge in [-0.15, -0.1) is 22.2 Å². The monoisotopic (exact) mass is 234 g/mol. The van der Waals surface area contributed by atoms with Crippen molar-refractivity contribution in [1.82, 2.24) is 0 Å². The summed E-state index contributed by atoms with van der Waals surface area (Å²) in [5.41, 5.74) is 0.503. The van der Waals surface area contributed by atoms with Crippen molar-refractivity contribution in [1.29, 1.82) is 0 Å². The third kappa shape index (κ3) is 2.31. The van der Waals surface area contributed by atoms with E-state index in [1.165, 1.54) is 25.7 Å². The second-order valence-electron chi connectivity index (χ2n) is 4.79. The molecule has 0 aromatic rings. The molecular formula is C10H16Cl2Si. The maximum Gasteiger partial charge on any atom is 0.248 e. The third-order valence-corrected chi connectivity index (χ3v) is 5.73. The summed E-state index contributed by atoms with van der Waals surface area (Å²) in [5, 5.41) is 0. The van der Waals surface area contributed by atoms with E-state index in [1.54, 1.807) is 0 Å². The van der Waals surface area contributed by atoms with Gasteiger partial charge in [-0.05, 0) is 49.6 Å². The maximum atomic E-state index is 6.12. The van der Waals surface area contributed by atoms with Crippen LogP contribution in [-0.2, 0) is 0 Å². The van der Waals surface area contributed by atoms with Crippen molar-refractivity contribution in [3.8, 4) is 0 Å². The van der Waals surface area contributed by atoms with Crippen molar-refractivity contribution >= 4 is 28.9 Å². The van der Waals surface area contributed by atoms with Crippen LogP contribution in [-0.4, -0.2) is 6.69 Å². The van der Waals surface area contributed by atoms with E-state index in [0.29, 0.717) is 5.41 Å². The second kappa shape index (κ2) is 3.29. The summed E-state index contributed by atoms with van der Waals surface area (Å²) in [4.78, 5) is 0. The van der Waals surface area contributed by atoms with Crippen molar-refractivity contribution in [2.45, 2.75) is 38.3 Å². The van der Waals surface area contributed by atoms with Crippen LogP contribution in [0.15, 0.2) is 12.2 Å². The first-order valence-corrected chi connectivity index (χ1v) is 9.79. The summed E-state index contributed by atoms with van der Waals surface area (Å²) in [5.74, 6) is 0.874. The van der Waals surface area contributed by atoms with Gasteiger partial charge in [-0.2, -0.15) is 0 Å². The minimum absolute atomic E-state index is 0.503. The molecule has 0 saturated heterocycles. The van der Waals surface area contributed by atoms with Crippen LogP contribution in [0.1, 0.15) is 25.7 Å². The first-order valence-electron chi connectivity index (χ1n) is 5.06. The zero-order chi connectivity index (χ0) is 9.53. The van der Waals surface area contributed by atoms with Crippen LogP contribution in [0.3, 0.4) is 0 Å². The van der Waals surface area contributed by atoms with Gasteiger partial charge >= 0.3 is 0 Å². The predicted octanol–water partition coefficient (Wildman–Crippen LogP) is 4.28. The molecule has 0 aliphatic heterocycles. The predicted molar refractivity (Wildman–Crippen MR) is 61.7 cm³/mol. The molecule has 0 aromatic carbocycles. The van der Waals surface area contributed by atoms with E-state index in [0.717, 1.165) is 12.0 Å². The molecule has 13 heavy (non-hydrogen) atoms. The van der Waals surface area contributed by atoms with Crippen LogP contribution in [0, 0.1) is 11.3 Å². The number of hydrogen-bond donors (Lipinski definition) is 0. The fourth-order valence-corrected chi connectivity index (χ4v) is 4.14. The van der Waals surface area contributed by atoms with Crippen LogP contribution in [0.4, 0.5) is 0 Å². The number of hydrogen-bond acceptors (Lipinski definition) is 0. The molecule has 0 amide bonds. The van der Waals surface area contributed by atoms with Crippen LogP contribution < -0.4 is 0 Å². The third-order valence-electron chi connectivity index (χ3n) is 3.47. The van der Waals surface area contributed by atoms with Crippen molar-refractivity contribution in [2.24, 2.45) is 11.3 Å². The maximum absolute atomic E-state index is 6.12. The fourth-order valence-electron chi connectivity index (χ4n) is 2.63. The molecular weight excluding hydrogens is 219 g/mol. The van der Waals surface area contributed by atoms with Crippen LogP contribution in [0.25, 0.3) is 0 Å². The highest BCUT2D eigenvalue weighted by Crippen LogP contribution is 2.52. The molecule has 2 aliphatic carbocycles. The van der Waals surface area contributed by atoms with E-state index in [2.05, 4.69) is 12.2 Å². The fraction of sp³-hybridized carbons (Fsp3) is 0.800. The lowest BCUT2D eigenvalue weighted by atomic mass is 9.85. The van der Waals surface area contributed by atoms with Gasteiger partial charge in [0.1, 0.15) is 0 Å². The summed E-state index contributed by atoms with van der Waals surface area (Å²) in [6.07, 6.45) is 10.2. The summed E-state index contributed by atoms with van der Waals surface area (Å²) in [6.45, 7) is 0.167. The van der Waals surface area contributed by atoms with Crippen molar-refractivity contribution in [2.75, 3.05) is 0 Å². The van der Waals surface area contributed by atoms with Gasteiger partial charge in [-0.1, -0.05) is 12.2 Å². The van der Waals surface area contributed by atoms with E-state index < -0.39 is 6.69 Å². The first kappa shape index (κ1) is 10.1. The molecule has 0 nitrogen and oxygen atoms in total. The molecule has 2 bridgehead atoms. The molecule has 2 aliphatic rings. The van der Waals surface area contributed by atoms with E-state index in [-0.39, 0.29) is 0 Å². The molecule has 2 unspecified atom stereocenters. The Balaban J connectivity index is 1.92. The standard InChI is InChI=1S/C10H16Cl2Si/c1-13(11,12)7-6-10-4-2-9(8-10)3-5-10/h2,4,9H,3,5-8H2,1H3. The van der Waals surface area contributed by atoms with Crippen molar-refractivity contribution in [3.05, 3.63) is 12.2 Å². The smallest absolute Gasteiger partial charge is 0.146 e. The lowest BCUT2D eigenvalue weighted by Crippen LogP contribution is -2.19. The average molecular weight is 235 g/mol. The van der Waals surface area contributed by atoms with Crippen LogP contribution in [0.5, 0.6) is 0 Å². The van der Waals surface area contributed by atoms with Gasteiger partial charge in [0.05, 0.1) is 0 Å². The molecule has 1 saturated carbocycles. The lowest BCUT2D eigenvalue weighted by molar-refractivity contribution is 0.387. The molecule has 0 heterocycles. The quantitative estimate of drug-likeness (QED) is 0.389.